The van der Waals surface area contributed by atoms with Crippen molar-refractivity contribution in [3.8, 4) is 10.4 Å². The average molecular weight is 205 g/mol. The molecule has 0 atom stereocenters. The molecule has 2 aromatic heterocycles. The highest BCUT2D eigenvalue weighted by Crippen LogP contribution is 2.27. The second-order valence-electron chi connectivity index (χ2n) is 2.94. The van der Waals surface area contributed by atoms with E-state index in [1.807, 2.05) is 12.1 Å². The van der Waals surface area contributed by atoms with Crippen LogP contribution in [-0.4, -0.2) is 4.98 Å². The summed E-state index contributed by atoms with van der Waals surface area (Å²) >= 11 is 1.69. The monoisotopic (exact) mass is 205 g/mol. The van der Waals surface area contributed by atoms with Gasteiger partial charge in [-0.05, 0) is 24.3 Å². The van der Waals surface area contributed by atoms with Gasteiger partial charge in [0.15, 0.2) is 0 Å². The molecule has 2 aromatic rings. The predicted molar refractivity (Wildman–Crippen MR) is 59.9 cm³/mol. The van der Waals surface area contributed by atoms with E-state index in [1.54, 1.807) is 23.6 Å². The molecule has 2 heterocycles. The zero-order chi connectivity index (χ0) is 9.97. The van der Waals surface area contributed by atoms with Gasteiger partial charge in [0.1, 0.15) is 5.82 Å². The number of nitrogens with two attached hydrogens (primary N) is 2. The number of hydrogen-bond donors (Lipinski definition) is 2. The summed E-state index contributed by atoms with van der Waals surface area (Å²) < 4.78 is 0. The molecule has 14 heavy (non-hydrogen) atoms. The minimum Gasteiger partial charge on any atom is -0.384 e. The number of aromatic nitrogens is 1. The number of rotatable bonds is 2. The molecule has 0 aromatic carbocycles. The van der Waals surface area contributed by atoms with Crippen LogP contribution in [0.25, 0.3) is 10.4 Å². The van der Waals surface area contributed by atoms with Crippen LogP contribution < -0.4 is 11.5 Å². The molecule has 0 fully saturated rings. The van der Waals surface area contributed by atoms with Crippen molar-refractivity contribution in [2.24, 2.45) is 5.73 Å². The van der Waals surface area contributed by atoms with Crippen LogP contribution in [0.1, 0.15) is 4.88 Å². The third-order valence-corrected chi connectivity index (χ3v) is 3.09. The van der Waals surface area contributed by atoms with Gasteiger partial charge in [-0.15, -0.1) is 11.3 Å². The minimum absolute atomic E-state index is 0.546. The third-order valence-electron chi connectivity index (χ3n) is 1.93. The fraction of sp³-hybridized carbons (Fsp3) is 0.100. The van der Waals surface area contributed by atoms with Crippen molar-refractivity contribution < 1.29 is 0 Å². The van der Waals surface area contributed by atoms with E-state index < -0.39 is 0 Å². The van der Waals surface area contributed by atoms with E-state index in [0.717, 1.165) is 5.56 Å². The standard InChI is InChI=1S/C10H11N3S/c11-5-8-2-3-9(14-8)7-1-4-10(12)13-6-7/h1-4,6H,5,11H2,(H2,12,13). The second kappa shape index (κ2) is 3.77. The summed E-state index contributed by atoms with van der Waals surface area (Å²) in [5.74, 6) is 0.546. The maximum atomic E-state index is 5.54. The van der Waals surface area contributed by atoms with Crippen molar-refractivity contribution >= 4 is 17.2 Å². The van der Waals surface area contributed by atoms with Crippen LogP contribution in [-0.2, 0) is 6.54 Å². The molecule has 0 saturated heterocycles. The highest BCUT2D eigenvalue weighted by atomic mass is 32.1. The SMILES string of the molecule is NCc1ccc(-c2ccc(N)nc2)s1. The van der Waals surface area contributed by atoms with Gasteiger partial charge in [-0.3, -0.25) is 0 Å². The molecular formula is C10H11N3S. The third kappa shape index (κ3) is 1.76. The molecule has 3 nitrogen and oxygen atoms in total. The van der Waals surface area contributed by atoms with Gasteiger partial charge in [-0.1, -0.05) is 0 Å². The fourth-order valence-corrected chi connectivity index (χ4v) is 2.07. The van der Waals surface area contributed by atoms with Gasteiger partial charge in [0, 0.05) is 28.1 Å². The largest absolute Gasteiger partial charge is 0.384 e. The Kier molecular flexibility index (Phi) is 2.47. The quantitative estimate of drug-likeness (QED) is 0.786. The Labute approximate surface area is 86.4 Å². The Bertz CT molecular complexity index is 419. The normalized spacial score (nSPS) is 10.4. The van der Waals surface area contributed by atoms with E-state index in [4.69, 9.17) is 11.5 Å². The number of thiophene rings is 1. The Morgan fingerprint density at radius 1 is 1.21 bits per heavy atom. The van der Waals surface area contributed by atoms with Gasteiger partial charge < -0.3 is 11.5 Å². The predicted octanol–water partition coefficient (Wildman–Crippen LogP) is 1.85. The number of nitrogen functional groups attached to an aromatic ring is 1. The molecule has 4 N–H and O–H groups in total. The number of anilines is 1. The first-order valence-corrected chi connectivity index (χ1v) is 5.12. The van der Waals surface area contributed by atoms with Crippen LogP contribution in [0.3, 0.4) is 0 Å². The Hall–Kier alpha value is -1.39. The zero-order valence-corrected chi connectivity index (χ0v) is 8.42. The van der Waals surface area contributed by atoms with E-state index in [1.165, 1.54) is 9.75 Å². The van der Waals surface area contributed by atoms with E-state index in [0.29, 0.717) is 12.4 Å². The lowest BCUT2D eigenvalue weighted by Crippen LogP contribution is -1.91. The smallest absolute Gasteiger partial charge is 0.123 e. The lowest BCUT2D eigenvalue weighted by Gasteiger charge is -1.96. The molecule has 0 aliphatic rings. The maximum absolute atomic E-state index is 5.54. The van der Waals surface area contributed by atoms with E-state index >= 15 is 0 Å². The molecule has 0 aliphatic heterocycles. The molecule has 0 aliphatic carbocycles. The van der Waals surface area contributed by atoms with Crippen molar-refractivity contribution in [3.63, 3.8) is 0 Å². The summed E-state index contributed by atoms with van der Waals surface area (Å²) in [6.07, 6.45) is 1.78. The molecule has 0 amide bonds. The van der Waals surface area contributed by atoms with Crippen molar-refractivity contribution in [3.05, 3.63) is 35.3 Å². The molecule has 0 spiro atoms. The molecule has 0 bridgehead atoms. The zero-order valence-electron chi connectivity index (χ0n) is 7.60. The van der Waals surface area contributed by atoms with Crippen LogP contribution in [0, 0.1) is 0 Å². The fourth-order valence-electron chi connectivity index (χ4n) is 1.19. The maximum Gasteiger partial charge on any atom is 0.123 e. The molecule has 0 unspecified atom stereocenters. The Balaban J connectivity index is 2.34. The van der Waals surface area contributed by atoms with Gasteiger partial charge in [0.2, 0.25) is 0 Å². The number of hydrogen-bond acceptors (Lipinski definition) is 4. The summed E-state index contributed by atoms with van der Waals surface area (Å²) in [7, 11) is 0. The highest BCUT2D eigenvalue weighted by molar-refractivity contribution is 7.15. The molecule has 0 saturated carbocycles. The van der Waals surface area contributed by atoms with Gasteiger partial charge in [-0.2, -0.15) is 0 Å². The lowest BCUT2D eigenvalue weighted by atomic mass is 10.2. The van der Waals surface area contributed by atoms with Gasteiger partial charge in [0.25, 0.3) is 0 Å². The minimum atomic E-state index is 0.546. The summed E-state index contributed by atoms with van der Waals surface area (Å²) in [5, 5.41) is 0. The summed E-state index contributed by atoms with van der Waals surface area (Å²) in [6.45, 7) is 0.590. The van der Waals surface area contributed by atoms with Crippen molar-refractivity contribution in [2.45, 2.75) is 6.54 Å². The number of nitrogens with zero attached hydrogens (tertiary/aromatic N) is 1. The van der Waals surface area contributed by atoms with Crippen molar-refractivity contribution in [1.29, 1.82) is 0 Å². The van der Waals surface area contributed by atoms with E-state index in [9.17, 15) is 0 Å². The second-order valence-corrected chi connectivity index (χ2v) is 4.11. The highest BCUT2D eigenvalue weighted by Gasteiger charge is 2.01. The topological polar surface area (TPSA) is 64.9 Å². The summed E-state index contributed by atoms with van der Waals surface area (Å²) in [6, 6.07) is 7.86. The molecule has 2 rings (SSSR count). The first-order valence-electron chi connectivity index (χ1n) is 4.30. The summed E-state index contributed by atoms with van der Waals surface area (Å²) in [4.78, 5) is 6.40. The van der Waals surface area contributed by atoms with E-state index in [2.05, 4.69) is 11.1 Å². The lowest BCUT2D eigenvalue weighted by molar-refractivity contribution is 1.11. The first-order chi connectivity index (χ1) is 6.79. The van der Waals surface area contributed by atoms with Gasteiger partial charge >= 0.3 is 0 Å². The average Bonchev–Trinajstić information content (AvgIpc) is 2.67. The number of pyridine rings is 1. The summed E-state index contributed by atoms with van der Waals surface area (Å²) in [5.41, 5.74) is 12.1. The Morgan fingerprint density at radius 2 is 2.07 bits per heavy atom. The molecular weight excluding hydrogens is 194 g/mol. The van der Waals surface area contributed by atoms with Crippen molar-refractivity contribution in [1.82, 2.24) is 4.98 Å². The van der Waals surface area contributed by atoms with E-state index in [-0.39, 0.29) is 0 Å². The van der Waals surface area contributed by atoms with Crippen molar-refractivity contribution in [2.75, 3.05) is 5.73 Å². The molecule has 4 heteroatoms. The van der Waals surface area contributed by atoms with Crippen LogP contribution in [0.5, 0.6) is 0 Å². The van der Waals surface area contributed by atoms with Crippen LogP contribution in [0.2, 0.25) is 0 Å². The van der Waals surface area contributed by atoms with Gasteiger partial charge in [-0.25, -0.2) is 4.98 Å². The van der Waals surface area contributed by atoms with Crippen LogP contribution in [0.4, 0.5) is 5.82 Å². The van der Waals surface area contributed by atoms with Crippen LogP contribution >= 0.6 is 11.3 Å². The first kappa shape index (κ1) is 9.18. The van der Waals surface area contributed by atoms with Gasteiger partial charge in [0.05, 0.1) is 0 Å². The molecule has 72 valence electrons. The molecule has 0 radical (unpaired) electrons. The van der Waals surface area contributed by atoms with Crippen LogP contribution in [0.15, 0.2) is 30.5 Å². The Morgan fingerprint density at radius 3 is 2.64 bits per heavy atom.